The largest absolute Gasteiger partial charge is 0.462 e. The third-order valence-electron chi connectivity index (χ3n) is 3.64. The van der Waals surface area contributed by atoms with E-state index in [2.05, 4.69) is 0 Å². The maximum atomic E-state index is 11.5. The van der Waals surface area contributed by atoms with E-state index in [4.69, 9.17) is 4.74 Å². The minimum atomic E-state index is -0.516. The van der Waals surface area contributed by atoms with Crippen molar-refractivity contribution in [1.29, 1.82) is 0 Å². The van der Waals surface area contributed by atoms with Crippen LogP contribution in [0.2, 0.25) is 0 Å². The third kappa shape index (κ3) is 3.14. The monoisotopic (exact) mass is 264 g/mol. The smallest absolute Gasteiger partial charge is 0.338 e. The molecule has 1 aromatic carbocycles. The first-order chi connectivity index (χ1) is 9.13. The van der Waals surface area contributed by atoms with E-state index in [1.54, 1.807) is 31.2 Å². The lowest BCUT2D eigenvalue weighted by atomic mass is 9.79. The lowest BCUT2D eigenvalue weighted by Gasteiger charge is -2.32. The highest BCUT2D eigenvalue weighted by Gasteiger charge is 2.32. The highest BCUT2D eigenvalue weighted by molar-refractivity contribution is 5.89. The van der Waals surface area contributed by atoms with Gasteiger partial charge in [0.15, 0.2) is 0 Å². The Bertz CT molecular complexity index is 416. The molecular weight excluding hydrogens is 244 g/mol. The lowest BCUT2D eigenvalue weighted by molar-refractivity contribution is 0.0144. The molecule has 0 aromatic heterocycles. The van der Waals surface area contributed by atoms with Crippen LogP contribution in [0.3, 0.4) is 0 Å². The molecular formula is C15H20O4. The number of ether oxygens (including phenoxy) is 1. The Hall–Kier alpha value is -1.39. The quantitative estimate of drug-likeness (QED) is 0.818. The Kier molecular flexibility index (Phi) is 4.56. The highest BCUT2D eigenvalue weighted by atomic mass is 16.5. The zero-order chi connectivity index (χ0) is 13.8. The normalized spacial score (nSPS) is 27.0. The maximum Gasteiger partial charge on any atom is 0.338 e. The SMILES string of the molecule is CCOC(=O)c1ccc(C2C(O)CCCC2O)cc1. The van der Waals surface area contributed by atoms with E-state index < -0.39 is 12.2 Å². The van der Waals surface area contributed by atoms with Crippen molar-refractivity contribution >= 4 is 5.97 Å². The zero-order valence-electron chi connectivity index (χ0n) is 11.1. The summed E-state index contributed by atoms with van der Waals surface area (Å²) >= 11 is 0. The van der Waals surface area contributed by atoms with Crippen molar-refractivity contribution < 1.29 is 19.7 Å². The minimum absolute atomic E-state index is 0.259. The Balaban J connectivity index is 2.15. The fraction of sp³-hybridized carbons (Fsp3) is 0.533. The summed E-state index contributed by atoms with van der Waals surface area (Å²) in [7, 11) is 0. The van der Waals surface area contributed by atoms with E-state index in [-0.39, 0.29) is 11.9 Å². The van der Waals surface area contributed by atoms with Gasteiger partial charge in [-0.1, -0.05) is 12.1 Å². The molecule has 2 N–H and O–H groups in total. The fourth-order valence-electron chi connectivity index (χ4n) is 2.65. The van der Waals surface area contributed by atoms with Crippen LogP contribution in [0.25, 0.3) is 0 Å². The van der Waals surface area contributed by atoms with Crippen molar-refractivity contribution in [2.75, 3.05) is 6.61 Å². The summed E-state index contributed by atoms with van der Waals surface area (Å²) in [6, 6.07) is 6.94. The number of aliphatic hydroxyl groups excluding tert-OH is 2. The summed E-state index contributed by atoms with van der Waals surface area (Å²) < 4.78 is 4.92. The average molecular weight is 264 g/mol. The second-order valence-corrected chi connectivity index (χ2v) is 4.93. The molecule has 1 saturated carbocycles. The zero-order valence-corrected chi connectivity index (χ0v) is 11.1. The van der Waals surface area contributed by atoms with Gasteiger partial charge in [0.1, 0.15) is 0 Å². The van der Waals surface area contributed by atoms with Crippen LogP contribution in [0.15, 0.2) is 24.3 Å². The molecule has 19 heavy (non-hydrogen) atoms. The molecule has 0 amide bonds. The van der Waals surface area contributed by atoms with Crippen molar-refractivity contribution in [1.82, 2.24) is 0 Å². The number of hydrogen-bond donors (Lipinski definition) is 2. The first kappa shape index (κ1) is 14.0. The van der Waals surface area contributed by atoms with Gasteiger partial charge in [0.2, 0.25) is 0 Å². The Morgan fingerprint density at radius 2 is 1.79 bits per heavy atom. The molecule has 4 nitrogen and oxygen atoms in total. The average Bonchev–Trinajstić information content (AvgIpc) is 2.39. The summed E-state index contributed by atoms with van der Waals surface area (Å²) in [4.78, 5) is 11.5. The van der Waals surface area contributed by atoms with E-state index >= 15 is 0 Å². The number of carbonyl (C=O) groups excluding carboxylic acids is 1. The molecule has 1 aliphatic carbocycles. The van der Waals surface area contributed by atoms with Gasteiger partial charge in [-0.15, -0.1) is 0 Å². The fourth-order valence-corrected chi connectivity index (χ4v) is 2.65. The van der Waals surface area contributed by atoms with Crippen LogP contribution in [0.5, 0.6) is 0 Å². The molecule has 0 heterocycles. The Morgan fingerprint density at radius 3 is 2.32 bits per heavy atom. The highest BCUT2D eigenvalue weighted by Crippen LogP contribution is 2.33. The van der Waals surface area contributed by atoms with Gasteiger partial charge in [-0.2, -0.15) is 0 Å². The van der Waals surface area contributed by atoms with E-state index in [0.717, 1.165) is 12.0 Å². The van der Waals surface area contributed by atoms with Gasteiger partial charge in [-0.3, -0.25) is 0 Å². The molecule has 2 unspecified atom stereocenters. The molecule has 104 valence electrons. The van der Waals surface area contributed by atoms with Gasteiger partial charge in [0, 0.05) is 5.92 Å². The second-order valence-electron chi connectivity index (χ2n) is 4.93. The van der Waals surface area contributed by atoms with Gasteiger partial charge in [-0.05, 0) is 43.9 Å². The molecule has 2 rings (SSSR count). The molecule has 4 heteroatoms. The number of benzene rings is 1. The molecule has 1 fully saturated rings. The Morgan fingerprint density at radius 1 is 1.21 bits per heavy atom. The number of carbonyl (C=O) groups is 1. The first-order valence-electron chi connectivity index (χ1n) is 6.76. The van der Waals surface area contributed by atoms with Crippen LogP contribution < -0.4 is 0 Å². The van der Waals surface area contributed by atoms with Crippen LogP contribution >= 0.6 is 0 Å². The summed E-state index contributed by atoms with van der Waals surface area (Å²) in [5, 5.41) is 20.0. The van der Waals surface area contributed by atoms with E-state index in [1.807, 2.05) is 0 Å². The maximum absolute atomic E-state index is 11.5. The van der Waals surface area contributed by atoms with Gasteiger partial charge in [0.05, 0.1) is 24.4 Å². The first-order valence-corrected chi connectivity index (χ1v) is 6.76. The van der Waals surface area contributed by atoms with Gasteiger partial charge in [0.25, 0.3) is 0 Å². The summed E-state index contributed by atoms with van der Waals surface area (Å²) in [5.74, 6) is -0.608. The summed E-state index contributed by atoms with van der Waals surface area (Å²) in [5.41, 5.74) is 1.36. The predicted molar refractivity (Wildman–Crippen MR) is 71.0 cm³/mol. The van der Waals surface area contributed by atoms with Crippen LogP contribution in [0.1, 0.15) is 48.0 Å². The molecule has 0 radical (unpaired) electrons. The third-order valence-corrected chi connectivity index (χ3v) is 3.64. The standard InChI is InChI=1S/C15H20O4/c1-2-19-15(18)11-8-6-10(7-9-11)14-12(16)4-3-5-13(14)17/h6-9,12-14,16-17H,2-5H2,1H3. The predicted octanol–water partition coefficient (Wildman–Crippen LogP) is 1.85. The van der Waals surface area contributed by atoms with Crippen LogP contribution in [0, 0.1) is 0 Å². The number of rotatable bonds is 3. The van der Waals surface area contributed by atoms with Crippen molar-refractivity contribution in [2.45, 2.75) is 44.3 Å². The van der Waals surface area contributed by atoms with Gasteiger partial charge in [-0.25, -0.2) is 4.79 Å². The summed E-state index contributed by atoms with van der Waals surface area (Å²) in [6.45, 7) is 2.11. The molecule has 0 spiro atoms. The molecule has 1 aliphatic rings. The van der Waals surface area contributed by atoms with Crippen LogP contribution in [0.4, 0.5) is 0 Å². The van der Waals surface area contributed by atoms with Crippen LogP contribution in [-0.4, -0.2) is 35.0 Å². The van der Waals surface area contributed by atoms with E-state index in [0.29, 0.717) is 25.0 Å². The Labute approximate surface area is 113 Å². The van der Waals surface area contributed by atoms with Crippen molar-refractivity contribution in [3.8, 4) is 0 Å². The van der Waals surface area contributed by atoms with Crippen molar-refractivity contribution in [3.05, 3.63) is 35.4 Å². The molecule has 2 atom stereocenters. The van der Waals surface area contributed by atoms with Gasteiger partial charge < -0.3 is 14.9 Å². The molecule has 1 aromatic rings. The number of aliphatic hydroxyl groups is 2. The second kappa shape index (κ2) is 6.17. The van der Waals surface area contributed by atoms with Crippen molar-refractivity contribution in [3.63, 3.8) is 0 Å². The lowest BCUT2D eigenvalue weighted by Crippen LogP contribution is -2.34. The number of esters is 1. The molecule has 0 saturated heterocycles. The minimum Gasteiger partial charge on any atom is -0.462 e. The van der Waals surface area contributed by atoms with Crippen LogP contribution in [-0.2, 0) is 4.74 Å². The van der Waals surface area contributed by atoms with Gasteiger partial charge >= 0.3 is 5.97 Å². The van der Waals surface area contributed by atoms with E-state index in [9.17, 15) is 15.0 Å². The topological polar surface area (TPSA) is 66.8 Å². The molecule has 0 bridgehead atoms. The van der Waals surface area contributed by atoms with Crippen molar-refractivity contribution in [2.24, 2.45) is 0 Å². The molecule has 0 aliphatic heterocycles. The number of hydrogen-bond acceptors (Lipinski definition) is 4. The summed E-state index contributed by atoms with van der Waals surface area (Å²) in [6.07, 6.45) is 1.23. The van der Waals surface area contributed by atoms with E-state index in [1.165, 1.54) is 0 Å².